The van der Waals surface area contributed by atoms with Crippen LogP contribution in [0.3, 0.4) is 0 Å². The van der Waals surface area contributed by atoms with Crippen molar-refractivity contribution in [2.24, 2.45) is 0 Å². The number of carbonyl (C=O) groups excluding carboxylic acids is 1. The molecule has 0 spiro atoms. The number of ether oxygens (including phenoxy) is 2. The predicted molar refractivity (Wildman–Crippen MR) is 88.7 cm³/mol. The molecule has 1 aliphatic heterocycles. The molecule has 1 saturated heterocycles. The number of hydrogen-bond donors (Lipinski definition) is 1. The Hall–Kier alpha value is -2.05. The van der Waals surface area contributed by atoms with Crippen LogP contribution in [-0.2, 0) is 14.8 Å². The van der Waals surface area contributed by atoms with Gasteiger partial charge in [0.25, 0.3) is 0 Å². The van der Waals surface area contributed by atoms with E-state index in [9.17, 15) is 26.4 Å². The van der Waals surface area contributed by atoms with Crippen LogP contribution in [0.1, 0.15) is 0 Å². The van der Waals surface area contributed by atoms with Crippen LogP contribution < -0.4 is 9.46 Å². The number of alkyl halides is 3. The number of carbonyl (C=O) groups is 1. The van der Waals surface area contributed by atoms with Gasteiger partial charge >= 0.3 is 12.5 Å². The molecule has 0 radical (unpaired) electrons. The summed E-state index contributed by atoms with van der Waals surface area (Å²) in [5.74, 6) is -0.495. The average molecular weight is 411 g/mol. The Morgan fingerprint density at radius 2 is 1.74 bits per heavy atom. The number of rotatable bonds is 6. The summed E-state index contributed by atoms with van der Waals surface area (Å²) >= 11 is 0. The highest BCUT2D eigenvalue weighted by molar-refractivity contribution is 7.89. The molecule has 1 aromatic rings. The monoisotopic (exact) mass is 411 g/mol. The molecule has 1 fully saturated rings. The molecule has 0 bridgehead atoms. The number of nitrogens with one attached hydrogen (secondary N) is 1. The standard InChI is InChI=1S/C15H20F3N3O5S/c1-25-14(22)21-10-8-20(9-11-21)7-6-19-27(23,24)13-4-2-12(3-5-13)26-15(16,17)18/h2-5,19H,6-11H2,1H3. The molecular formula is C15H20F3N3O5S. The van der Waals surface area contributed by atoms with Crippen molar-refractivity contribution in [3.05, 3.63) is 24.3 Å². The van der Waals surface area contributed by atoms with E-state index < -0.39 is 28.2 Å². The third kappa shape index (κ3) is 6.56. The smallest absolute Gasteiger partial charge is 0.453 e. The van der Waals surface area contributed by atoms with E-state index in [-0.39, 0.29) is 11.4 Å². The number of halogens is 3. The second-order valence-electron chi connectivity index (χ2n) is 5.72. The second-order valence-corrected chi connectivity index (χ2v) is 7.48. The summed E-state index contributed by atoms with van der Waals surface area (Å²) in [6.45, 7) is 2.70. The minimum Gasteiger partial charge on any atom is -0.453 e. The molecule has 1 amide bonds. The average Bonchev–Trinajstić information content (AvgIpc) is 2.60. The third-order valence-corrected chi connectivity index (χ3v) is 5.37. The van der Waals surface area contributed by atoms with E-state index >= 15 is 0 Å². The fourth-order valence-electron chi connectivity index (χ4n) is 2.53. The maximum Gasteiger partial charge on any atom is 0.573 e. The molecule has 0 saturated carbocycles. The molecule has 1 aliphatic rings. The third-order valence-electron chi connectivity index (χ3n) is 3.89. The van der Waals surface area contributed by atoms with Gasteiger partial charge in [0, 0.05) is 39.3 Å². The Morgan fingerprint density at radius 1 is 1.15 bits per heavy atom. The van der Waals surface area contributed by atoms with Crippen molar-refractivity contribution in [3.63, 3.8) is 0 Å². The first kappa shape index (κ1) is 21.3. The number of sulfonamides is 1. The summed E-state index contributed by atoms with van der Waals surface area (Å²) in [5, 5.41) is 0. The van der Waals surface area contributed by atoms with Crippen LogP contribution in [0.15, 0.2) is 29.2 Å². The summed E-state index contributed by atoms with van der Waals surface area (Å²) in [4.78, 5) is 14.8. The van der Waals surface area contributed by atoms with E-state index in [4.69, 9.17) is 0 Å². The van der Waals surface area contributed by atoms with Crippen LogP contribution in [0.25, 0.3) is 0 Å². The molecule has 27 heavy (non-hydrogen) atoms. The molecule has 0 unspecified atom stereocenters. The summed E-state index contributed by atoms with van der Waals surface area (Å²) in [5.41, 5.74) is 0. The largest absolute Gasteiger partial charge is 0.573 e. The van der Waals surface area contributed by atoms with E-state index in [0.717, 1.165) is 24.3 Å². The highest BCUT2D eigenvalue weighted by Gasteiger charge is 2.31. The molecule has 1 heterocycles. The van der Waals surface area contributed by atoms with Crippen molar-refractivity contribution >= 4 is 16.1 Å². The zero-order valence-electron chi connectivity index (χ0n) is 14.5. The van der Waals surface area contributed by atoms with Gasteiger partial charge in [-0.2, -0.15) is 0 Å². The van der Waals surface area contributed by atoms with E-state index in [2.05, 4.69) is 14.2 Å². The maximum atomic E-state index is 12.2. The minimum atomic E-state index is -4.84. The number of amides is 1. The molecule has 1 aromatic carbocycles. The molecule has 8 nitrogen and oxygen atoms in total. The van der Waals surface area contributed by atoms with Crippen molar-refractivity contribution in [3.8, 4) is 5.75 Å². The van der Waals surface area contributed by atoms with Crippen molar-refractivity contribution in [1.29, 1.82) is 0 Å². The van der Waals surface area contributed by atoms with Gasteiger partial charge in [-0.25, -0.2) is 17.9 Å². The highest BCUT2D eigenvalue weighted by Crippen LogP contribution is 2.23. The van der Waals surface area contributed by atoms with Crippen LogP contribution in [0, 0.1) is 0 Å². The van der Waals surface area contributed by atoms with Crippen molar-refractivity contribution in [2.45, 2.75) is 11.3 Å². The lowest BCUT2D eigenvalue weighted by atomic mass is 10.3. The SMILES string of the molecule is COC(=O)N1CCN(CCNS(=O)(=O)c2ccc(OC(F)(F)F)cc2)CC1. The number of nitrogens with zero attached hydrogens (tertiary/aromatic N) is 2. The van der Waals surface area contributed by atoms with Gasteiger partial charge in [-0.15, -0.1) is 13.2 Å². The van der Waals surface area contributed by atoms with Crippen LogP contribution in [0.2, 0.25) is 0 Å². The van der Waals surface area contributed by atoms with Crippen molar-refractivity contribution < 1.29 is 35.9 Å². The van der Waals surface area contributed by atoms with Crippen molar-refractivity contribution in [1.82, 2.24) is 14.5 Å². The highest BCUT2D eigenvalue weighted by atomic mass is 32.2. The first-order valence-corrected chi connectivity index (χ1v) is 9.50. The molecular weight excluding hydrogens is 391 g/mol. The second kappa shape index (κ2) is 8.76. The Morgan fingerprint density at radius 3 is 2.26 bits per heavy atom. The zero-order chi connectivity index (χ0) is 20.1. The predicted octanol–water partition coefficient (Wildman–Crippen LogP) is 1.25. The number of piperazine rings is 1. The molecule has 2 rings (SSSR count). The molecule has 0 atom stereocenters. The first-order valence-electron chi connectivity index (χ1n) is 8.01. The number of hydrogen-bond acceptors (Lipinski definition) is 6. The molecule has 0 aliphatic carbocycles. The van der Waals surface area contributed by atoms with Crippen molar-refractivity contribution in [2.75, 3.05) is 46.4 Å². The lowest BCUT2D eigenvalue weighted by molar-refractivity contribution is -0.274. The minimum absolute atomic E-state index is 0.126. The van der Waals surface area contributed by atoms with Gasteiger partial charge in [0.15, 0.2) is 0 Å². The van der Waals surface area contributed by atoms with E-state index in [1.807, 2.05) is 4.90 Å². The quantitative estimate of drug-likeness (QED) is 0.758. The van der Waals surface area contributed by atoms with E-state index in [1.165, 1.54) is 7.11 Å². The number of methoxy groups -OCH3 is 1. The van der Waals surface area contributed by atoms with E-state index in [1.54, 1.807) is 4.90 Å². The van der Waals surface area contributed by atoms with Gasteiger partial charge in [0.2, 0.25) is 10.0 Å². The summed E-state index contributed by atoms with van der Waals surface area (Å²) in [6, 6.07) is 3.96. The number of benzene rings is 1. The lowest BCUT2D eigenvalue weighted by Gasteiger charge is -2.33. The van der Waals surface area contributed by atoms with Gasteiger partial charge in [0.1, 0.15) is 5.75 Å². The zero-order valence-corrected chi connectivity index (χ0v) is 15.3. The topological polar surface area (TPSA) is 88.2 Å². The van der Waals surface area contributed by atoms with Gasteiger partial charge in [-0.1, -0.05) is 0 Å². The van der Waals surface area contributed by atoms with Gasteiger partial charge < -0.3 is 14.4 Å². The van der Waals surface area contributed by atoms with Gasteiger partial charge in [-0.3, -0.25) is 4.90 Å². The fraction of sp³-hybridized carbons (Fsp3) is 0.533. The summed E-state index contributed by atoms with van der Waals surface area (Å²) in [7, 11) is -2.54. The van der Waals surface area contributed by atoms with Gasteiger partial charge in [-0.05, 0) is 24.3 Å². The Labute approximate surface area is 154 Å². The maximum absolute atomic E-state index is 12.2. The molecule has 1 N–H and O–H groups in total. The van der Waals surface area contributed by atoms with Crippen LogP contribution in [-0.4, -0.2) is 77.1 Å². The molecule has 12 heteroatoms. The fourth-order valence-corrected chi connectivity index (χ4v) is 3.55. The van der Waals surface area contributed by atoms with Crippen LogP contribution in [0.5, 0.6) is 5.75 Å². The summed E-state index contributed by atoms with van der Waals surface area (Å²) < 4.78 is 71.5. The Kier molecular flexibility index (Phi) is 6.89. The van der Waals surface area contributed by atoms with Gasteiger partial charge in [0.05, 0.1) is 12.0 Å². The lowest BCUT2D eigenvalue weighted by Crippen LogP contribution is -2.50. The molecule has 0 aromatic heterocycles. The first-order chi connectivity index (χ1) is 12.6. The Balaban J connectivity index is 1.81. The Bertz CT molecular complexity index is 732. The van der Waals surface area contributed by atoms with E-state index in [0.29, 0.717) is 32.7 Å². The van der Waals surface area contributed by atoms with Crippen LogP contribution >= 0.6 is 0 Å². The molecule has 152 valence electrons. The normalized spacial score (nSPS) is 16.2. The summed E-state index contributed by atoms with van der Waals surface area (Å²) in [6.07, 6.45) is -5.23. The van der Waals surface area contributed by atoms with Crippen LogP contribution in [0.4, 0.5) is 18.0 Å².